The molecule has 2 aromatic rings. The first kappa shape index (κ1) is 36.2. The first-order valence-electron chi connectivity index (χ1n) is 14.8. The molecule has 1 aliphatic carbocycles. The van der Waals surface area contributed by atoms with Crippen LogP contribution >= 0.6 is 0 Å². The summed E-state index contributed by atoms with van der Waals surface area (Å²) in [6.45, 7) is 4.42. The number of carbonyl (C=O) groups is 8. The summed E-state index contributed by atoms with van der Waals surface area (Å²) >= 11 is 0. The third-order valence-corrected chi connectivity index (χ3v) is 7.47. The quantitative estimate of drug-likeness (QED) is 0.273. The number of methoxy groups -OCH3 is 2. The number of hydrogen-bond donors (Lipinski definition) is 1. The lowest BCUT2D eigenvalue weighted by molar-refractivity contribution is -0.163. The molecule has 14 heteroatoms. The maximum Gasteiger partial charge on any atom is 0.311 e. The van der Waals surface area contributed by atoms with Crippen molar-refractivity contribution in [2.24, 2.45) is 17.8 Å². The lowest BCUT2D eigenvalue weighted by Crippen LogP contribution is -2.48. The highest BCUT2D eigenvalue weighted by molar-refractivity contribution is 6.44. The van der Waals surface area contributed by atoms with Crippen molar-refractivity contribution in [2.75, 3.05) is 14.2 Å². The van der Waals surface area contributed by atoms with Crippen molar-refractivity contribution in [3.63, 3.8) is 0 Å². The van der Waals surface area contributed by atoms with Crippen LogP contribution in [0, 0.1) is 17.8 Å². The van der Waals surface area contributed by atoms with Gasteiger partial charge in [-0.1, -0.05) is 51.1 Å². The molecule has 1 aliphatic rings. The largest absolute Gasteiger partial charge is 0.493 e. The normalized spacial score (nSPS) is 20.0. The molecule has 3 rings (SSSR count). The van der Waals surface area contributed by atoms with E-state index in [0.29, 0.717) is 5.56 Å². The lowest BCUT2D eigenvalue weighted by atomic mass is 9.81. The standard InChI is InChI=1S/C33H36N2O12/c1-17(2)33(43)47-30-18(3)27(39)29(41)21(16-22(36)28(40)20(30)15-19-9-7-6-8-10-19)35-32(42)26-31(23(44-4)13-14-34-26)46-25(38)12-11-24(37)45-5/h6-10,13-14,17-18,20-21,30H,11-12,15-16H2,1-5H3,(H,35,42)/t18-,20+,21+,30-/m1/s1. The number of benzene rings is 1. The summed E-state index contributed by atoms with van der Waals surface area (Å²) in [4.78, 5) is 108. The van der Waals surface area contributed by atoms with Crippen molar-refractivity contribution in [1.82, 2.24) is 10.3 Å². The van der Waals surface area contributed by atoms with Gasteiger partial charge in [-0.15, -0.1) is 0 Å². The highest BCUT2D eigenvalue weighted by Crippen LogP contribution is 2.31. The molecule has 0 unspecified atom stereocenters. The van der Waals surface area contributed by atoms with Crippen molar-refractivity contribution in [1.29, 1.82) is 0 Å². The van der Waals surface area contributed by atoms with E-state index >= 15 is 0 Å². The smallest absolute Gasteiger partial charge is 0.311 e. The van der Waals surface area contributed by atoms with Crippen LogP contribution in [0.1, 0.15) is 56.1 Å². The monoisotopic (exact) mass is 652 g/mol. The van der Waals surface area contributed by atoms with Crippen molar-refractivity contribution < 1.29 is 57.3 Å². The van der Waals surface area contributed by atoms with Crippen LogP contribution in [0.3, 0.4) is 0 Å². The van der Waals surface area contributed by atoms with Crippen LogP contribution < -0.4 is 14.8 Å². The van der Waals surface area contributed by atoms with Crippen molar-refractivity contribution in [3.8, 4) is 11.5 Å². The zero-order valence-corrected chi connectivity index (χ0v) is 26.6. The molecule has 1 aromatic carbocycles. The Bertz CT molecular complexity index is 1550. The molecule has 1 aromatic heterocycles. The van der Waals surface area contributed by atoms with Crippen LogP contribution in [0.5, 0.6) is 11.5 Å². The van der Waals surface area contributed by atoms with Crippen LogP contribution in [-0.2, 0) is 49.5 Å². The van der Waals surface area contributed by atoms with Crippen molar-refractivity contribution >= 4 is 46.9 Å². The molecule has 1 amide bonds. The van der Waals surface area contributed by atoms with E-state index in [0.717, 1.165) is 13.3 Å². The van der Waals surface area contributed by atoms with Gasteiger partial charge in [0.15, 0.2) is 11.4 Å². The second-order valence-corrected chi connectivity index (χ2v) is 11.1. The van der Waals surface area contributed by atoms with Crippen LogP contribution in [-0.4, -0.2) is 78.3 Å². The van der Waals surface area contributed by atoms with Gasteiger partial charge >= 0.3 is 17.9 Å². The molecular weight excluding hydrogens is 616 g/mol. The van der Waals surface area contributed by atoms with Crippen LogP contribution in [0.15, 0.2) is 42.6 Å². The topological polar surface area (TPSA) is 198 Å². The minimum Gasteiger partial charge on any atom is -0.493 e. The molecule has 0 spiro atoms. The van der Waals surface area contributed by atoms with E-state index in [2.05, 4.69) is 15.0 Å². The fourth-order valence-corrected chi connectivity index (χ4v) is 4.83. The van der Waals surface area contributed by atoms with E-state index in [-0.39, 0.29) is 18.6 Å². The number of rotatable bonds is 11. The average Bonchev–Trinajstić information content (AvgIpc) is 3.08. The van der Waals surface area contributed by atoms with Gasteiger partial charge in [0, 0.05) is 18.7 Å². The molecule has 0 radical (unpaired) electrons. The summed E-state index contributed by atoms with van der Waals surface area (Å²) < 4.78 is 20.6. The Kier molecular flexibility index (Phi) is 12.6. The Balaban J connectivity index is 1.97. The van der Waals surface area contributed by atoms with Crippen LogP contribution in [0.25, 0.3) is 0 Å². The molecule has 1 N–H and O–H groups in total. The van der Waals surface area contributed by atoms with Crippen LogP contribution in [0.2, 0.25) is 0 Å². The fraction of sp³-hybridized carbons (Fsp3) is 0.424. The molecule has 4 atom stereocenters. The van der Waals surface area contributed by atoms with E-state index in [1.165, 1.54) is 20.1 Å². The second kappa shape index (κ2) is 16.3. The van der Waals surface area contributed by atoms with Gasteiger partial charge in [-0.25, -0.2) is 4.98 Å². The van der Waals surface area contributed by atoms with Gasteiger partial charge in [0.1, 0.15) is 12.1 Å². The molecular formula is C33H36N2O12. The zero-order chi connectivity index (χ0) is 34.8. The Hall–Kier alpha value is -5.27. The molecule has 47 heavy (non-hydrogen) atoms. The first-order chi connectivity index (χ1) is 22.3. The van der Waals surface area contributed by atoms with Gasteiger partial charge in [-0.05, 0) is 12.0 Å². The van der Waals surface area contributed by atoms with E-state index < -0.39 is 101 Å². The molecule has 1 heterocycles. The molecule has 0 bridgehead atoms. The number of nitrogens with one attached hydrogen (secondary N) is 1. The van der Waals surface area contributed by atoms with Crippen molar-refractivity contribution in [2.45, 2.75) is 58.6 Å². The summed E-state index contributed by atoms with van der Waals surface area (Å²) in [5.41, 5.74) is 0.0745. The third-order valence-electron chi connectivity index (χ3n) is 7.47. The molecule has 250 valence electrons. The lowest BCUT2D eigenvalue weighted by Gasteiger charge is -2.29. The van der Waals surface area contributed by atoms with E-state index in [9.17, 15) is 38.4 Å². The number of carbonyl (C=O) groups excluding carboxylic acids is 8. The number of hydrogen-bond acceptors (Lipinski definition) is 13. The number of ether oxygens (including phenoxy) is 4. The predicted octanol–water partition coefficient (Wildman–Crippen LogP) is 1.79. The Labute approximate surface area is 270 Å². The molecule has 1 fully saturated rings. The van der Waals surface area contributed by atoms with Gasteiger partial charge in [-0.3, -0.25) is 38.4 Å². The summed E-state index contributed by atoms with van der Waals surface area (Å²) in [6, 6.07) is 8.05. The number of pyridine rings is 1. The number of amides is 1. The Morgan fingerprint density at radius 1 is 0.915 bits per heavy atom. The highest BCUT2D eigenvalue weighted by atomic mass is 16.6. The minimum absolute atomic E-state index is 0.0667. The third kappa shape index (κ3) is 9.15. The zero-order valence-electron chi connectivity index (χ0n) is 26.6. The van der Waals surface area contributed by atoms with E-state index in [1.54, 1.807) is 44.2 Å². The average molecular weight is 653 g/mol. The van der Waals surface area contributed by atoms with Gasteiger partial charge in [0.2, 0.25) is 28.9 Å². The SMILES string of the molecule is COC(=O)CCC(=O)Oc1c(OC)ccnc1C(=O)N[C@H]1CC(=O)C(=O)[C@H](Cc2ccccc2)[C@H](OC(=O)C(C)C)[C@H](C)C(=O)C1=O. The first-order valence-corrected chi connectivity index (χ1v) is 14.8. The van der Waals surface area contributed by atoms with Crippen molar-refractivity contribution in [3.05, 3.63) is 53.9 Å². The fourth-order valence-electron chi connectivity index (χ4n) is 4.83. The number of nitrogens with zero attached hydrogens (tertiary/aromatic N) is 1. The highest BCUT2D eigenvalue weighted by Gasteiger charge is 2.46. The molecule has 0 aliphatic heterocycles. The molecule has 14 nitrogen and oxygen atoms in total. The van der Waals surface area contributed by atoms with E-state index in [1.807, 2.05) is 0 Å². The molecule has 0 saturated heterocycles. The van der Waals surface area contributed by atoms with Crippen LogP contribution in [0.4, 0.5) is 0 Å². The summed E-state index contributed by atoms with van der Waals surface area (Å²) in [5.74, 6) is -11.7. The summed E-state index contributed by atoms with van der Waals surface area (Å²) in [7, 11) is 2.37. The number of esters is 3. The number of aromatic nitrogens is 1. The van der Waals surface area contributed by atoms with Gasteiger partial charge in [0.25, 0.3) is 5.91 Å². The number of Topliss-reactive ketones (excluding diaryl/α,β-unsaturated/α-hetero) is 4. The minimum atomic E-state index is -1.82. The second-order valence-electron chi connectivity index (χ2n) is 11.1. The predicted molar refractivity (Wildman–Crippen MR) is 161 cm³/mol. The summed E-state index contributed by atoms with van der Waals surface area (Å²) in [5, 5.41) is 2.27. The van der Waals surface area contributed by atoms with E-state index in [4.69, 9.17) is 14.2 Å². The van der Waals surface area contributed by atoms with Gasteiger partial charge < -0.3 is 24.3 Å². The van der Waals surface area contributed by atoms with Gasteiger partial charge in [-0.2, -0.15) is 0 Å². The Morgan fingerprint density at radius 2 is 1.57 bits per heavy atom. The summed E-state index contributed by atoms with van der Waals surface area (Å²) in [6.07, 6.45) is -1.98. The maximum absolute atomic E-state index is 13.7. The Morgan fingerprint density at radius 3 is 2.19 bits per heavy atom. The molecule has 1 saturated carbocycles. The maximum atomic E-state index is 13.7. The van der Waals surface area contributed by atoms with Gasteiger partial charge in [0.05, 0.1) is 44.8 Å². The number of ketones is 4.